The van der Waals surface area contributed by atoms with Crippen molar-refractivity contribution in [2.45, 2.75) is 19.3 Å². The molecule has 0 amide bonds. The maximum atomic E-state index is 9.27. The lowest BCUT2D eigenvalue weighted by atomic mass is 10.4. The molecule has 1 N–H and O–H groups in total. The number of methoxy groups -OCH3 is 1. The first-order chi connectivity index (χ1) is 4.68. The molecular weight excluding hydrogens is 132 g/mol. The third-order valence-electron chi connectivity index (χ3n) is 1.19. The summed E-state index contributed by atoms with van der Waals surface area (Å²) in [6.45, 7) is 5.50. The van der Waals surface area contributed by atoms with Gasteiger partial charge in [-0.15, -0.1) is 6.58 Å². The van der Waals surface area contributed by atoms with Crippen molar-refractivity contribution in [1.29, 1.82) is 0 Å². The first kappa shape index (κ1) is 9.62. The minimum Gasteiger partial charge on any atom is -0.343 e. The average Bonchev–Trinajstić information content (AvgIpc) is 2.00. The molecule has 0 aromatic rings. The number of aliphatic hydroxyl groups is 1. The van der Waals surface area contributed by atoms with Gasteiger partial charge in [0.1, 0.15) is 0 Å². The Balaban J connectivity index is 3.68. The van der Waals surface area contributed by atoms with Gasteiger partial charge in [0, 0.05) is 13.5 Å². The smallest absolute Gasteiger partial charge is 0.280 e. The van der Waals surface area contributed by atoms with Gasteiger partial charge in [-0.2, -0.15) is 0 Å². The van der Waals surface area contributed by atoms with E-state index in [1.165, 1.54) is 7.11 Å². The quantitative estimate of drug-likeness (QED) is 0.462. The van der Waals surface area contributed by atoms with Crippen molar-refractivity contribution >= 4 is 0 Å². The van der Waals surface area contributed by atoms with Crippen LogP contribution in [0.25, 0.3) is 0 Å². The Morgan fingerprint density at radius 2 is 2.30 bits per heavy atom. The zero-order valence-electron chi connectivity index (χ0n) is 6.46. The molecule has 3 nitrogen and oxygen atoms in total. The highest BCUT2D eigenvalue weighted by Gasteiger charge is 2.23. The van der Waals surface area contributed by atoms with E-state index in [1.54, 1.807) is 13.0 Å². The van der Waals surface area contributed by atoms with Gasteiger partial charge in [-0.1, -0.05) is 13.0 Å². The molecule has 0 saturated heterocycles. The van der Waals surface area contributed by atoms with Crippen molar-refractivity contribution in [3.8, 4) is 0 Å². The van der Waals surface area contributed by atoms with Crippen LogP contribution in [0.4, 0.5) is 0 Å². The fraction of sp³-hybridized carbons (Fsp3) is 0.714. The van der Waals surface area contributed by atoms with Crippen molar-refractivity contribution in [3.63, 3.8) is 0 Å². The first-order valence-electron chi connectivity index (χ1n) is 3.21. The molecule has 0 bridgehead atoms. The summed E-state index contributed by atoms with van der Waals surface area (Å²) in [4.78, 5) is 0. The van der Waals surface area contributed by atoms with Crippen LogP contribution >= 0.6 is 0 Å². The molecule has 0 rings (SSSR count). The average molecular weight is 146 g/mol. The Labute approximate surface area is 61.3 Å². The van der Waals surface area contributed by atoms with Crippen LogP contribution in [-0.2, 0) is 9.47 Å². The van der Waals surface area contributed by atoms with Gasteiger partial charge in [-0.05, 0) is 0 Å². The second-order valence-corrected chi connectivity index (χ2v) is 1.87. The maximum Gasteiger partial charge on any atom is 0.280 e. The van der Waals surface area contributed by atoms with Crippen LogP contribution in [0.1, 0.15) is 13.3 Å². The van der Waals surface area contributed by atoms with Gasteiger partial charge in [-0.3, -0.25) is 0 Å². The molecule has 0 radical (unpaired) electrons. The van der Waals surface area contributed by atoms with Crippen LogP contribution < -0.4 is 0 Å². The molecule has 0 aliphatic heterocycles. The first-order valence-corrected chi connectivity index (χ1v) is 3.21. The largest absolute Gasteiger partial charge is 0.343 e. The molecule has 0 fully saturated rings. The van der Waals surface area contributed by atoms with E-state index in [0.717, 1.165) is 0 Å². The van der Waals surface area contributed by atoms with Crippen molar-refractivity contribution in [1.82, 2.24) is 0 Å². The zero-order chi connectivity index (χ0) is 8.04. The second-order valence-electron chi connectivity index (χ2n) is 1.87. The third-order valence-corrected chi connectivity index (χ3v) is 1.19. The van der Waals surface area contributed by atoms with Crippen molar-refractivity contribution in [2.75, 3.05) is 13.7 Å². The normalized spacial score (nSPS) is 16.3. The summed E-state index contributed by atoms with van der Waals surface area (Å²) in [6, 6.07) is 0. The Morgan fingerprint density at radius 3 is 2.60 bits per heavy atom. The van der Waals surface area contributed by atoms with E-state index < -0.39 is 5.97 Å². The summed E-state index contributed by atoms with van der Waals surface area (Å²) in [7, 11) is 1.40. The molecule has 0 aliphatic rings. The highest BCUT2D eigenvalue weighted by atomic mass is 16.8. The van der Waals surface area contributed by atoms with Gasteiger partial charge in [0.05, 0.1) is 6.61 Å². The van der Waals surface area contributed by atoms with E-state index in [1.807, 2.05) is 0 Å². The van der Waals surface area contributed by atoms with Crippen molar-refractivity contribution in [2.24, 2.45) is 0 Å². The summed E-state index contributed by atoms with van der Waals surface area (Å²) in [6.07, 6.45) is 1.96. The highest BCUT2D eigenvalue weighted by molar-refractivity contribution is 4.65. The van der Waals surface area contributed by atoms with Gasteiger partial charge in [0.15, 0.2) is 0 Å². The Kier molecular flexibility index (Phi) is 4.27. The second kappa shape index (κ2) is 4.44. The molecule has 10 heavy (non-hydrogen) atoms. The van der Waals surface area contributed by atoms with Crippen LogP contribution in [0.15, 0.2) is 12.7 Å². The minimum absolute atomic E-state index is 0.290. The van der Waals surface area contributed by atoms with Crippen LogP contribution in [0.5, 0.6) is 0 Å². The standard InChI is InChI=1S/C7H14O3/c1-4-6-10-7(8,5-2)9-3/h4,8H,1,5-6H2,2-3H3. The summed E-state index contributed by atoms with van der Waals surface area (Å²) in [5.74, 6) is -1.44. The van der Waals surface area contributed by atoms with Crippen molar-refractivity contribution < 1.29 is 14.6 Å². The van der Waals surface area contributed by atoms with E-state index in [4.69, 9.17) is 4.74 Å². The summed E-state index contributed by atoms with van der Waals surface area (Å²) < 4.78 is 9.57. The van der Waals surface area contributed by atoms with Crippen LogP contribution in [0, 0.1) is 0 Å². The molecule has 0 aliphatic carbocycles. The molecule has 0 aromatic heterocycles. The molecule has 0 spiro atoms. The molecular formula is C7H14O3. The van der Waals surface area contributed by atoms with Gasteiger partial charge in [0.2, 0.25) is 0 Å². The van der Waals surface area contributed by atoms with Crippen molar-refractivity contribution in [3.05, 3.63) is 12.7 Å². The third kappa shape index (κ3) is 2.96. The fourth-order valence-corrected chi connectivity index (χ4v) is 0.494. The number of hydrogen-bond acceptors (Lipinski definition) is 3. The van der Waals surface area contributed by atoms with Crippen LogP contribution in [0.3, 0.4) is 0 Å². The number of hydrogen-bond donors (Lipinski definition) is 1. The lowest BCUT2D eigenvalue weighted by Crippen LogP contribution is -2.33. The van der Waals surface area contributed by atoms with Gasteiger partial charge in [-0.25, -0.2) is 0 Å². The topological polar surface area (TPSA) is 38.7 Å². The predicted molar refractivity (Wildman–Crippen MR) is 38.4 cm³/mol. The molecule has 1 unspecified atom stereocenters. The SMILES string of the molecule is C=CCOC(O)(CC)OC. The predicted octanol–water partition coefficient (Wildman–Crippen LogP) is 0.891. The van der Waals surface area contributed by atoms with Gasteiger partial charge < -0.3 is 14.6 Å². The molecule has 1 atom stereocenters. The lowest BCUT2D eigenvalue weighted by Gasteiger charge is -2.23. The van der Waals surface area contributed by atoms with E-state index in [2.05, 4.69) is 11.3 Å². The minimum atomic E-state index is -1.44. The fourth-order valence-electron chi connectivity index (χ4n) is 0.494. The summed E-state index contributed by atoms with van der Waals surface area (Å²) >= 11 is 0. The summed E-state index contributed by atoms with van der Waals surface area (Å²) in [5, 5.41) is 9.27. The van der Waals surface area contributed by atoms with Gasteiger partial charge in [0.25, 0.3) is 5.97 Å². The Bertz CT molecular complexity index is 97.0. The monoisotopic (exact) mass is 146 g/mol. The van der Waals surface area contributed by atoms with E-state index >= 15 is 0 Å². The van der Waals surface area contributed by atoms with Gasteiger partial charge >= 0.3 is 0 Å². The van der Waals surface area contributed by atoms with Crippen LogP contribution in [0.2, 0.25) is 0 Å². The van der Waals surface area contributed by atoms with E-state index in [-0.39, 0.29) is 6.61 Å². The molecule has 60 valence electrons. The Morgan fingerprint density at radius 1 is 1.70 bits per heavy atom. The van der Waals surface area contributed by atoms with E-state index in [0.29, 0.717) is 6.42 Å². The molecule has 0 heterocycles. The summed E-state index contributed by atoms with van der Waals surface area (Å²) in [5.41, 5.74) is 0. The maximum absolute atomic E-state index is 9.27. The van der Waals surface area contributed by atoms with E-state index in [9.17, 15) is 5.11 Å². The zero-order valence-corrected chi connectivity index (χ0v) is 6.46. The lowest BCUT2D eigenvalue weighted by molar-refractivity contribution is -0.347. The molecule has 3 heteroatoms. The molecule has 0 aromatic carbocycles. The Hall–Kier alpha value is -0.380. The van der Waals surface area contributed by atoms with Crippen LogP contribution in [-0.4, -0.2) is 24.8 Å². The number of ether oxygens (including phenoxy) is 2. The highest BCUT2D eigenvalue weighted by Crippen LogP contribution is 2.11. The molecule has 0 saturated carbocycles. The number of rotatable bonds is 5.